The van der Waals surface area contributed by atoms with Gasteiger partial charge >= 0.3 is 0 Å². The zero-order valence-corrected chi connectivity index (χ0v) is 18.2. The van der Waals surface area contributed by atoms with Crippen molar-refractivity contribution in [3.05, 3.63) is 34.9 Å². The van der Waals surface area contributed by atoms with Gasteiger partial charge in [-0.2, -0.15) is 0 Å². The molecule has 1 aromatic carbocycles. The third-order valence-electron chi connectivity index (χ3n) is 5.34. The smallest absolute Gasteiger partial charge is 0.243 e. The number of carbonyl (C=O) groups excluding carboxylic acids is 1. The largest absolute Gasteiger partial charge is 0.376 e. The predicted molar refractivity (Wildman–Crippen MR) is 116 cm³/mol. The zero-order valence-electron chi connectivity index (χ0n) is 17.4. The molecule has 2 aliphatic rings. The lowest BCUT2D eigenvalue weighted by molar-refractivity contribution is -0.127. The second-order valence-corrected chi connectivity index (χ2v) is 8.27. The first-order valence-electron chi connectivity index (χ1n) is 10.3. The molecular formula is C21H32ClN5O2. The molecule has 1 unspecified atom stereocenters. The average molecular weight is 422 g/mol. The van der Waals surface area contributed by atoms with E-state index < -0.39 is 0 Å². The summed E-state index contributed by atoms with van der Waals surface area (Å²) in [4.78, 5) is 22.8. The number of carbonyl (C=O) groups is 1. The fraction of sp³-hybridized carbons (Fsp3) is 0.619. The summed E-state index contributed by atoms with van der Waals surface area (Å²) in [5.41, 5.74) is 1.23. The van der Waals surface area contributed by atoms with Crippen molar-refractivity contribution in [1.29, 1.82) is 0 Å². The van der Waals surface area contributed by atoms with Gasteiger partial charge in [0, 0.05) is 65.0 Å². The molecule has 0 aromatic heterocycles. The van der Waals surface area contributed by atoms with Gasteiger partial charge in [-0.3, -0.25) is 9.69 Å². The normalized spacial score (nSPS) is 20.7. The molecule has 1 atom stereocenters. The van der Waals surface area contributed by atoms with Crippen molar-refractivity contribution in [1.82, 2.24) is 20.0 Å². The van der Waals surface area contributed by atoms with E-state index in [1.54, 1.807) is 19.0 Å². The van der Waals surface area contributed by atoms with Crippen molar-refractivity contribution in [2.24, 2.45) is 4.99 Å². The summed E-state index contributed by atoms with van der Waals surface area (Å²) < 4.78 is 5.72. The minimum atomic E-state index is 0.000934. The monoisotopic (exact) mass is 421 g/mol. The second kappa shape index (κ2) is 10.8. The van der Waals surface area contributed by atoms with Crippen LogP contribution in [0.5, 0.6) is 0 Å². The molecule has 8 heteroatoms. The Kier molecular flexibility index (Phi) is 8.15. The van der Waals surface area contributed by atoms with Gasteiger partial charge in [0.05, 0.1) is 6.10 Å². The number of guanidine groups is 1. The van der Waals surface area contributed by atoms with Gasteiger partial charge in [-0.25, -0.2) is 4.99 Å². The quantitative estimate of drug-likeness (QED) is 0.559. The van der Waals surface area contributed by atoms with E-state index in [0.29, 0.717) is 0 Å². The molecule has 2 fully saturated rings. The number of ether oxygens (including phenoxy) is 1. The van der Waals surface area contributed by atoms with Gasteiger partial charge in [-0.1, -0.05) is 23.7 Å². The first-order valence-corrected chi connectivity index (χ1v) is 10.7. The summed E-state index contributed by atoms with van der Waals surface area (Å²) in [6.45, 7) is 6.23. The number of halogens is 1. The number of hydrogen-bond acceptors (Lipinski definition) is 4. The highest BCUT2D eigenvalue weighted by atomic mass is 35.5. The number of nitrogens with zero attached hydrogens (tertiary/aromatic N) is 4. The van der Waals surface area contributed by atoms with Crippen LogP contribution in [0.4, 0.5) is 0 Å². The lowest BCUT2D eigenvalue weighted by Gasteiger charge is -2.37. The minimum Gasteiger partial charge on any atom is -0.376 e. The summed E-state index contributed by atoms with van der Waals surface area (Å²) in [7, 11) is 3.51. The third kappa shape index (κ3) is 6.87. The molecule has 0 aliphatic carbocycles. The van der Waals surface area contributed by atoms with Gasteiger partial charge in [0.15, 0.2) is 5.96 Å². The fourth-order valence-corrected chi connectivity index (χ4v) is 3.79. The number of hydrogen-bond donors (Lipinski definition) is 1. The van der Waals surface area contributed by atoms with Crippen LogP contribution >= 0.6 is 11.6 Å². The minimum absolute atomic E-state index is 0.000934. The second-order valence-electron chi connectivity index (χ2n) is 7.84. The molecule has 2 heterocycles. The maximum absolute atomic E-state index is 12.0. The number of likely N-dealkylation sites (N-methyl/N-ethyl adjacent to an activating group) is 1. The van der Waals surface area contributed by atoms with Crippen LogP contribution in [0, 0.1) is 0 Å². The van der Waals surface area contributed by atoms with Gasteiger partial charge in [0.2, 0.25) is 5.91 Å². The molecule has 2 saturated heterocycles. The maximum atomic E-state index is 12.0. The summed E-state index contributed by atoms with van der Waals surface area (Å²) in [6, 6.07) is 8.04. The SMILES string of the molecule is CN(C)C(=O)CN=C(NCC1CCCO1)N1CCN(Cc2cccc(Cl)c2)CC1. The first kappa shape index (κ1) is 21.9. The van der Waals surface area contributed by atoms with Crippen LogP contribution in [0.3, 0.4) is 0 Å². The van der Waals surface area contributed by atoms with Crippen LogP contribution in [-0.2, 0) is 16.1 Å². The summed E-state index contributed by atoms with van der Waals surface area (Å²) >= 11 is 6.11. The van der Waals surface area contributed by atoms with Gasteiger partial charge in [-0.05, 0) is 30.5 Å². The standard InChI is InChI=1S/C21H32ClN5O2/c1-25(2)20(28)15-24-21(23-14-19-7-4-12-29-19)27-10-8-26(9-11-27)16-17-5-3-6-18(22)13-17/h3,5-6,13,19H,4,7-12,14-16H2,1-2H3,(H,23,24). The Bertz CT molecular complexity index is 698. The van der Waals surface area contributed by atoms with E-state index in [2.05, 4.69) is 26.2 Å². The van der Waals surface area contributed by atoms with Gasteiger partial charge in [-0.15, -0.1) is 0 Å². The van der Waals surface area contributed by atoms with Gasteiger partial charge in [0.25, 0.3) is 0 Å². The molecule has 3 rings (SSSR count). The highest BCUT2D eigenvalue weighted by Gasteiger charge is 2.22. The summed E-state index contributed by atoms with van der Waals surface area (Å²) in [5, 5.41) is 4.22. The Balaban J connectivity index is 1.55. The number of amides is 1. The average Bonchev–Trinajstić information content (AvgIpc) is 3.22. The molecule has 2 aliphatic heterocycles. The molecule has 0 radical (unpaired) electrons. The van der Waals surface area contributed by atoms with Gasteiger partial charge in [0.1, 0.15) is 6.54 Å². The Morgan fingerprint density at radius 2 is 2.10 bits per heavy atom. The van der Waals surface area contributed by atoms with Crippen LogP contribution in [0.1, 0.15) is 18.4 Å². The molecule has 1 N–H and O–H groups in total. The number of benzene rings is 1. The Hall–Kier alpha value is -1.83. The third-order valence-corrected chi connectivity index (χ3v) is 5.58. The van der Waals surface area contributed by atoms with Crippen LogP contribution in [0.25, 0.3) is 0 Å². The summed E-state index contributed by atoms with van der Waals surface area (Å²) in [6.07, 6.45) is 2.42. The van der Waals surface area contributed by atoms with Crippen molar-refractivity contribution < 1.29 is 9.53 Å². The Labute approximate surface area is 178 Å². The highest BCUT2D eigenvalue weighted by Crippen LogP contribution is 2.14. The fourth-order valence-electron chi connectivity index (χ4n) is 3.57. The predicted octanol–water partition coefficient (Wildman–Crippen LogP) is 1.67. The van der Waals surface area contributed by atoms with E-state index in [1.165, 1.54) is 5.56 Å². The van der Waals surface area contributed by atoms with Crippen molar-refractivity contribution in [3.63, 3.8) is 0 Å². The molecule has 7 nitrogen and oxygen atoms in total. The molecule has 1 amide bonds. The molecule has 0 saturated carbocycles. The zero-order chi connectivity index (χ0) is 20.6. The molecule has 1 aromatic rings. The van der Waals surface area contributed by atoms with Crippen LogP contribution in [0.2, 0.25) is 5.02 Å². The van der Waals surface area contributed by atoms with E-state index in [9.17, 15) is 4.79 Å². The van der Waals surface area contributed by atoms with Crippen molar-refractivity contribution in [2.75, 3.05) is 60.0 Å². The van der Waals surface area contributed by atoms with Crippen molar-refractivity contribution >= 4 is 23.5 Å². The van der Waals surface area contributed by atoms with E-state index in [-0.39, 0.29) is 18.6 Å². The Morgan fingerprint density at radius 3 is 2.76 bits per heavy atom. The number of piperazine rings is 1. The lowest BCUT2D eigenvalue weighted by Crippen LogP contribution is -2.53. The lowest BCUT2D eigenvalue weighted by atomic mass is 10.2. The van der Waals surface area contributed by atoms with Crippen molar-refractivity contribution in [3.8, 4) is 0 Å². The topological polar surface area (TPSA) is 60.4 Å². The van der Waals surface area contributed by atoms with Crippen LogP contribution < -0.4 is 5.32 Å². The summed E-state index contributed by atoms with van der Waals surface area (Å²) in [5.74, 6) is 0.805. The molecule has 160 valence electrons. The van der Waals surface area contributed by atoms with Crippen LogP contribution in [0.15, 0.2) is 29.3 Å². The number of rotatable bonds is 6. The molecular weight excluding hydrogens is 390 g/mol. The molecule has 0 bridgehead atoms. The highest BCUT2D eigenvalue weighted by molar-refractivity contribution is 6.30. The van der Waals surface area contributed by atoms with Crippen LogP contribution in [-0.4, -0.2) is 92.6 Å². The van der Waals surface area contributed by atoms with Gasteiger partial charge < -0.3 is 19.9 Å². The van der Waals surface area contributed by atoms with E-state index in [4.69, 9.17) is 16.3 Å². The maximum Gasteiger partial charge on any atom is 0.243 e. The number of aliphatic imine (C=N–C) groups is 1. The van der Waals surface area contributed by atoms with E-state index in [0.717, 1.165) is 69.7 Å². The first-order chi connectivity index (χ1) is 14.0. The van der Waals surface area contributed by atoms with Crippen molar-refractivity contribution in [2.45, 2.75) is 25.5 Å². The number of nitrogens with one attached hydrogen (secondary N) is 1. The Morgan fingerprint density at radius 1 is 1.31 bits per heavy atom. The molecule has 29 heavy (non-hydrogen) atoms. The van der Waals surface area contributed by atoms with E-state index in [1.807, 2.05) is 18.2 Å². The molecule has 0 spiro atoms. The van der Waals surface area contributed by atoms with E-state index >= 15 is 0 Å².